The lowest BCUT2D eigenvalue weighted by Gasteiger charge is -2.30. The van der Waals surface area contributed by atoms with Crippen LogP contribution in [0.15, 0.2) is 20.1 Å². The average molecular weight is 396 g/mol. The summed E-state index contributed by atoms with van der Waals surface area (Å²) in [6.07, 6.45) is 1.09. The number of hydrogen-bond acceptors (Lipinski definition) is 5. The maximum Gasteiger partial charge on any atom is 0.252 e. The van der Waals surface area contributed by atoms with Crippen LogP contribution in [-0.2, 0) is 14.8 Å². The first kappa shape index (κ1) is 16.9. The standard InChI is InChI=1S/C12H18BrN3O3S2/c13-10-1-2-11(20-10)21(18,19)16-7-3-9(4-8-16)12(17)15-6-5-14/h1-2,9H,3-8,14H2,(H,15,17). The van der Waals surface area contributed by atoms with Crippen molar-refractivity contribution >= 4 is 43.2 Å². The van der Waals surface area contributed by atoms with E-state index < -0.39 is 10.0 Å². The third-order valence-electron chi connectivity index (χ3n) is 3.41. The first-order chi connectivity index (χ1) is 9.95. The van der Waals surface area contributed by atoms with E-state index in [9.17, 15) is 13.2 Å². The molecule has 1 amide bonds. The Hall–Kier alpha value is -0.480. The molecule has 0 spiro atoms. The van der Waals surface area contributed by atoms with Crippen molar-refractivity contribution in [1.29, 1.82) is 0 Å². The Morgan fingerprint density at radius 1 is 1.43 bits per heavy atom. The van der Waals surface area contributed by atoms with Gasteiger partial charge in [-0.2, -0.15) is 4.31 Å². The van der Waals surface area contributed by atoms with Gasteiger partial charge in [0.15, 0.2) is 0 Å². The number of nitrogens with two attached hydrogens (primary N) is 1. The molecule has 0 saturated carbocycles. The van der Waals surface area contributed by atoms with Crippen molar-refractivity contribution in [2.24, 2.45) is 11.7 Å². The fourth-order valence-corrected chi connectivity index (χ4v) is 5.90. The molecular weight excluding hydrogens is 378 g/mol. The molecule has 0 atom stereocenters. The number of amides is 1. The monoisotopic (exact) mass is 395 g/mol. The van der Waals surface area contributed by atoms with Crippen LogP contribution >= 0.6 is 27.3 Å². The fourth-order valence-electron chi connectivity index (χ4n) is 2.26. The summed E-state index contributed by atoms with van der Waals surface area (Å²) < 4.78 is 27.5. The minimum absolute atomic E-state index is 0.0311. The zero-order chi connectivity index (χ0) is 15.5. The molecule has 6 nitrogen and oxygen atoms in total. The second-order valence-corrected chi connectivity index (χ2v) is 9.44. The van der Waals surface area contributed by atoms with Gasteiger partial charge in [0.25, 0.3) is 10.0 Å². The van der Waals surface area contributed by atoms with Gasteiger partial charge in [-0.05, 0) is 40.9 Å². The molecule has 2 rings (SSSR count). The summed E-state index contributed by atoms with van der Waals surface area (Å²) >= 11 is 4.47. The number of hydrogen-bond donors (Lipinski definition) is 2. The summed E-state index contributed by atoms with van der Waals surface area (Å²) in [7, 11) is -3.44. The number of thiophene rings is 1. The first-order valence-corrected chi connectivity index (χ1v) is 9.73. The minimum atomic E-state index is -3.44. The minimum Gasteiger partial charge on any atom is -0.355 e. The van der Waals surface area contributed by atoms with E-state index in [4.69, 9.17) is 5.73 Å². The van der Waals surface area contributed by atoms with Crippen LogP contribution < -0.4 is 11.1 Å². The maximum absolute atomic E-state index is 12.4. The van der Waals surface area contributed by atoms with Crippen molar-refractivity contribution in [3.8, 4) is 0 Å². The molecule has 0 bridgehead atoms. The molecule has 2 heterocycles. The molecule has 0 aromatic carbocycles. The number of sulfonamides is 1. The van der Waals surface area contributed by atoms with Crippen molar-refractivity contribution in [3.05, 3.63) is 15.9 Å². The molecule has 1 saturated heterocycles. The molecule has 9 heteroatoms. The highest BCUT2D eigenvalue weighted by molar-refractivity contribution is 9.11. The Morgan fingerprint density at radius 3 is 2.62 bits per heavy atom. The molecule has 118 valence electrons. The van der Waals surface area contributed by atoms with Gasteiger partial charge in [0.05, 0.1) is 3.79 Å². The number of piperidine rings is 1. The maximum atomic E-state index is 12.4. The molecular formula is C12H18BrN3O3S2. The molecule has 1 aromatic rings. The van der Waals surface area contributed by atoms with Gasteiger partial charge in [-0.1, -0.05) is 0 Å². The van der Waals surface area contributed by atoms with Crippen LogP contribution in [0, 0.1) is 5.92 Å². The topological polar surface area (TPSA) is 92.5 Å². The van der Waals surface area contributed by atoms with Gasteiger partial charge in [0, 0.05) is 32.1 Å². The van der Waals surface area contributed by atoms with E-state index in [-0.39, 0.29) is 11.8 Å². The van der Waals surface area contributed by atoms with Crippen LogP contribution in [0.1, 0.15) is 12.8 Å². The highest BCUT2D eigenvalue weighted by Crippen LogP contribution is 2.30. The largest absolute Gasteiger partial charge is 0.355 e. The summed E-state index contributed by atoms with van der Waals surface area (Å²) in [5, 5.41) is 2.75. The highest BCUT2D eigenvalue weighted by Gasteiger charge is 2.32. The number of halogens is 1. The van der Waals surface area contributed by atoms with Gasteiger partial charge in [0.2, 0.25) is 5.91 Å². The number of carbonyl (C=O) groups excluding carboxylic acids is 1. The fraction of sp³-hybridized carbons (Fsp3) is 0.583. The van der Waals surface area contributed by atoms with E-state index in [2.05, 4.69) is 21.2 Å². The molecule has 3 N–H and O–H groups in total. The Bertz CT molecular complexity index is 595. The number of nitrogens with one attached hydrogen (secondary N) is 1. The van der Waals surface area contributed by atoms with Crippen LogP contribution in [0.2, 0.25) is 0 Å². The smallest absolute Gasteiger partial charge is 0.252 e. The van der Waals surface area contributed by atoms with Crippen molar-refractivity contribution in [2.45, 2.75) is 17.1 Å². The lowest BCUT2D eigenvalue weighted by atomic mass is 9.97. The first-order valence-electron chi connectivity index (χ1n) is 6.68. The predicted molar refractivity (Wildman–Crippen MR) is 85.6 cm³/mol. The van der Waals surface area contributed by atoms with Gasteiger partial charge in [-0.3, -0.25) is 4.79 Å². The van der Waals surface area contributed by atoms with Crippen molar-refractivity contribution in [3.63, 3.8) is 0 Å². The molecule has 1 aliphatic rings. The summed E-state index contributed by atoms with van der Waals surface area (Å²) in [6.45, 7) is 1.61. The van der Waals surface area contributed by atoms with E-state index in [1.54, 1.807) is 12.1 Å². The van der Waals surface area contributed by atoms with Gasteiger partial charge in [-0.15, -0.1) is 11.3 Å². The van der Waals surface area contributed by atoms with Crippen molar-refractivity contribution < 1.29 is 13.2 Å². The Kier molecular flexibility index (Phi) is 5.78. The van der Waals surface area contributed by atoms with E-state index in [0.29, 0.717) is 43.2 Å². The van der Waals surface area contributed by atoms with Crippen molar-refractivity contribution in [1.82, 2.24) is 9.62 Å². The Morgan fingerprint density at radius 2 is 2.10 bits per heavy atom. The number of rotatable bonds is 5. The summed E-state index contributed by atoms with van der Waals surface area (Å²) in [4.78, 5) is 11.8. The molecule has 0 aliphatic carbocycles. The van der Waals surface area contributed by atoms with E-state index >= 15 is 0 Å². The third-order valence-corrected chi connectivity index (χ3v) is 7.40. The van der Waals surface area contributed by atoms with Crippen LogP contribution in [0.4, 0.5) is 0 Å². The van der Waals surface area contributed by atoms with E-state index in [1.165, 1.54) is 15.6 Å². The van der Waals surface area contributed by atoms with Gasteiger partial charge in [0.1, 0.15) is 4.21 Å². The lowest BCUT2D eigenvalue weighted by molar-refractivity contribution is -0.126. The van der Waals surface area contributed by atoms with Gasteiger partial charge >= 0.3 is 0 Å². The van der Waals surface area contributed by atoms with Crippen LogP contribution in [0.5, 0.6) is 0 Å². The van der Waals surface area contributed by atoms with Crippen LogP contribution in [0.25, 0.3) is 0 Å². The summed E-state index contributed by atoms with van der Waals surface area (Å²) in [5.74, 6) is -0.158. The van der Waals surface area contributed by atoms with Gasteiger partial charge < -0.3 is 11.1 Å². The molecule has 0 radical (unpaired) electrons. The normalized spacial score (nSPS) is 17.8. The third kappa shape index (κ3) is 4.04. The van der Waals surface area contributed by atoms with Gasteiger partial charge in [-0.25, -0.2) is 8.42 Å². The molecule has 0 unspecified atom stereocenters. The molecule has 1 aliphatic heterocycles. The zero-order valence-corrected chi connectivity index (χ0v) is 14.6. The van der Waals surface area contributed by atoms with Crippen molar-refractivity contribution in [2.75, 3.05) is 26.2 Å². The van der Waals surface area contributed by atoms with Crippen LogP contribution in [0.3, 0.4) is 0 Å². The number of carbonyl (C=O) groups is 1. The second kappa shape index (κ2) is 7.19. The SMILES string of the molecule is NCCNC(=O)C1CCN(S(=O)(=O)c2ccc(Br)s2)CC1. The zero-order valence-electron chi connectivity index (χ0n) is 11.4. The number of nitrogens with zero attached hydrogens (tertiary/aromatic N) is 1. The quantitative estimate of drug-likeness (QED) is 0.776. The van der Waals surface area contributed by atoms with E-state index in [0.717, 1.165) is 3.79 Å². The highest BCUT2D eigenvalue weighted by atomic mass is 79.9. The summed E-state index contributed by atoms with van der Waals surface area (Å²) in [5.41, 5.74) is 5.35. The molecule has 1 fully saturated rings. The Balaban J connectivity index is 1.96. The van der Waals surface area contributed by atoms with Crippen LogP contribution in [-0.4, -0.2) is 44.8 Å². The predicted octanol–water partition coefficient (Wildman–Crippen LogP) is 0.986. The lowest BCUT2D eigenvalue weighted by Crippen LogP contribution is -2.43. The average Bonchev–Trinajstić information content (AvgIpc) is 2.92. The van der Waals surface area contributed by atoms with E-state index in [1.807, 2.05) is 0 Å². The summed E-state index contributed by atoms with van der Waals surface area (Å²) in [6, 6.07) is 3.33. The molecule has 21 heavy (non-hydrogen) atoms. The second-order valence-electron chi connectivity index (χ2n) is 4.82. The Labute approximate surface area is 136 Å². The molecule has 1 aromatic heterocycles.